The van der Waals surface area contributed by atoms with E-state index in [1.54, 1.807) is 4.90 Å². The van der Waals surface area contributed by atoms with Gasteiger partial charge >= 0.3 is 6.09 Å². The van der Waals surface area contributed by atoms with Crippen LogP contribution in [-0.2, 0) is 14.8 Å². The van der Waals surface area contributed by atoms with E-state index in [0.717, 1.165) is 19.1 Å². The van der Waals surface area contributed by atoms with Crippen LogP contribution in [0.25, 0.3) is 0 Å². The zero-order valence-electron chi connectivity index (χ0n) is 12.1. The average Bonchev–Trinajstić information content (AvgIpc) is 2.23. The summed E-state index contributed by atoms with van der Waals surface area (Å²) in [6, 6.07) is 0. The first-order chi connectivity index (χ1) is 8.57. The zero-order chi connectivity index (χ0) is 14.7. The number of nitrogens with one attached hydrogen (secondary N) is 1. The van der Waals surface area contributed by atoms with Crippen molar-refractivity contribution in [3.8, 4) is 0 Å². The highest BCUT2D eigenvalue weighted by Gasteiger charge is 2.27. The number of likely N-dealkylation sites (tertiary alicyclic amines) is 1. The summed E-state index contributed by atoms with van der Waals surface area (Å²) in [5.41, 5.74) is -0.505. The van der Waals surface area contributed by atoms with E-state index in [2.05, 4.69) is 4.72 Å². The van der Waals surface area contributed by atoms with Gasteiger partial charge in [-0.2, -0.15) is 0 Å². The second-order valence-corrected chi connectivity index (χ2v) is 7.89. The Morgan fingerprint density at radius 3 is 2.58 bits per heavy atom. The molecular weight excluding hydrogens is 268 g/mol. The smallest absolute Gasteiger partial charge is 0.410 e. The number of hydrogen-bond donors (Lipinski definition) is 1. The van der Waals surface area contributed by atoms with Gasteiger partial charge in [0.1, 0.15) is 5.60 Å². The van der Waals surface area contributed by atoms with Crippen molar-refractivity contribution in [2.24, 2.45) is 5.92 Å². The van der Waals surface area contributed by atoms with E-state index < -0.39 is 15.6 Å². The number of sulfonamides is 1. The maximum Gasteiger partial charge on any atom is 0.410 e. The molecule has 6 nitrogen and oxygen atoms in total. The van der Waals surface area contributed by atoms with E-state index >= 15 is 0 Å². The van der Waals surface area contributed by atoms with Crippen LogP contribution in [0.4, 0.5) is 4.79 Å². The van der Waals surface area contributed by atoms with E-state index in [4.69, 9.17) is 4.74 Å². The molecule has 7 heteroatoms. The summed E-state index contributed by atoms with van der Waals surface area (Å²) in [5.74, 6) is 0.149. The van der Waals surface area contributed by atoms with Crippen LogP contribution in [-0.4, -0.2) is 50.9 Å². The summed E-state index contributed by atoms with van der Waals surface area (Å²) in [6.45, 7) is 7.08. The Kier molecular flexibility index (Phi) is 5.20. The van der Waals surface area contributed by atoms with Gasteiger partial charge in [-0.05, 0) is 39.5 Å². The second kappa shape index (κ2) is 6.09. The maximum atomic E-state index is 11.9. The number of carbonyl (C=O) groups excluding carboxylic acids is 1. The minimum absolute atomic E-state index is 0.149. The van der Waals surface area contributed by atoms with Crippen LogP contribution in [0.5, 0.6) is 0 Å². The molecule has 0 aromatic carbocycles. The molecule has 1 amide bonds. The van der Waals surface area contributed by atoms with Crippen molar-refractivity contribution in [3.63, 3.8) is 0 Å². The number of piperidine rings is 1. The summed E-state index contributed by atoms with van der Waals surface area (Å²) in [5, 5.41) is 0. The standard InChI is InChI=1S/C12H24N2O4S/c1-12(2,3)18-11(15)14-7-5-6-10(9-14)8-13-19(4,16)17/h10,13H,5-9H2,1-4H3/t10-/m0/s1. The van der Waals surface area contributed by atoms with Crippen LogP contribution >= 0.6 is 0 Å². The molecule has 0 saturated carbocycles. The highest BCUT2D eigenvalue weighted by molar-refractivity contribution is 7.88. The van der Waals surface area contributed by atoms with Crippen molar-refractivity contribution in [2.75, 3.05) is 25.9 Å². The van der Waals surface area contributed by atoms with Gasteiger partial charge in [0.05, 0.1) is 6.26 Å². The molecule has 0 spiro atoms. The molecule has 0 radical (unpaired) electrons. The summed E-state index contributed by atoms with van der Waals surface area (Å²) in [7, 11) is -3.17. The topological polar surface area (TPSA) is 75.7 Å². The Bertz CT molecular complexity index is 414. The molecule has 1 heterocycles. The maximum absolute atomic E-state index is 11.9. The van der Waals surface area contributed by atoms with Crippen molar-refractivity contribution < 1.29 is 17.9 Å². The van der Waals surface area contributed by atoms with Gasteiger partial charge in [-0.15, -0.1) is 0 Å². The molecule has 112 valence electrons. The van der Waals surface area contributed by atoms with Crippen LogP contribution in [0.3, 0.4) is 0 Å². The van der Waals surface area contributed by atoms with Crippen molar-refractivity contribution in [2.45, 2.75) is 39.2 Å². The van der Waals surface area contributed by atoms with Gasteiger partial charge in [-0.25, -0.2) is 17.9 Å². The normalized spacial score (nSPS) is 21.3. The third kappa shape index (κ3) is 6.77. The van der Waals surface area contributed by atoms with Crippen LogP contribution in [0.15, 0.2) is 0 Å². The van der Waals surface area contributed by atoms with Gasteiger partial charge in [0.15, 0.2) is 0 Å². The predicted octanol–water partition coefficient (Wildman–Crippen LogP) is 1.18. The van der Waals surface area contributed by atoms with Gasteiger partial charge < -0.3 is 9.64 Å². The lowest BCUT2D eigenvalue weighted by Crippen LogP contribution is -2.45. The van der Waals surface area contributed by atoms with Gasteiger partial charge in [0.2, 0.25) is 10.0 Å². The van der Waals surface area contributed by atoms with Gasteiger partial charge in [0.25, 0.3) is 0 Å². The first-order valence-electron chi connectivity index (χ1n) is 6.49. The molecule has 0 aromatic heterocycles. The number of nitrogens with zero attached hydrogens (tertiary/aromatic N) is 1. The molecule has 0 bridgehead atoms. The van der Waals surface area contributed by atoms with Crippen molar-refractivity contribution in [1.29, 1.82) is 0 Å². The van der Waals surface area contributed by atoms with Crippen LogP contribution in [0.2, 0.25) is 0 Å². The summed E-state index contributed by atoms with van der Waals surface area (Å²) in [4.78, 5) is 13.6. The largest absolute Gasteiger partial charge is 0.444 e. The van der Waals surface area contributed by atoms with Crippen molar-refractivity contribution >= 4 is 16.1 Å². The van der Waals surface area contributed by atoms with Gasteiger partial charge in [-0.3, -0.25) is 0 Å². The molecule has 1 N–H and O–H groups in total. The lowest BCUT2D eigenvalue weighted by atomic mass is 9.99. The number of hydrogen-bond acceptors (Lipinski definition) is 4. The Morgan fingerprint density at radius 2 is 2.05 bits per heavy atom. The molecule has 0 unspecified atom stereocenters. The van der Waals surface area contributed by atoms with Gasteiger partial charge in [0, 0.05) is 19.6 Å². The number of rotatable bonds is 3. The first kappa shape index (κ1) is 16.2. The molecule has 0 aromatic rings. The fourth-order valence-electron chi connectivity index (χ4n) is 1.99. The van der Waals surface area contributed by atoms with Crippen molar-refractivity contribution in [3.05, 3.63) is 0 Å². The van der Waals surface area contributed by atoms with E-state index in [-0.39, 0.29) is 12.0 Å². The van der Waals surface area contributed by atoms with Crippen LogP contribution in [0.1, 0.15) is 33.6 Å². The predicted molar refractivity (Wildman–Crippen MR) is 73.4 cm³/mol. The van der Waals surface area contributed by atoms with E-state index in [0.29, 0.717) is 19.6 Å². The monoisotopic (exact) mass is 292 g/mol. The second-order valence-electron chi connectivity index (χ2n) is 6.06. The summed E-state index contributed by atoms with van der Waals surface area (Å²) < 4.78 is 29.9. The number of amides is 1. The number of carbonyl (C=O) groups is 1. The molecule has 1 saturated heterocycles. The summed E-state index contributed by atoms with van der Waals surface area (Å²) in [6.07, 6.45) is 2.61. The van der Waals surface area contributed by atoms with Crippen LogP contribution < -0.4 is 4.72 Å². The fourth-order valence-corrected chi connectivity index (χ4v) is 2.53. The quantitative estimate of drug-likeness (QED) is 0.847. The Labute approximate surface area is 115 Å². The lowest BCUT2D eigenvalue weighted by molar-refractivity contribution is 0.0169. The highest BCUT2D eigenvalue weighted by atomic mass is 32.2. The molecule has 1 atom stereocenters. The third-order valence-corrected chi connectivity index (χ3v) is 3.50. The van der Waals surface area contributed by atoms with E-state index in [9.17, 15) is 13.2 Å². The fraction of sp³-hybridized carbons (Fsp3) is 0.917. The molecule has 1 aliphatic heterocycles. The first-order valence-corrected chi connectivity index (χ1v) is 8.38. The summed E-state index contributed by atoms with van der Waals surface area (Å²) >= 11 is 0. The molecule has 1 aliphatic rings. The van der Waals surface area contributed by atoms with E-state index in [1.807, 2.05) is 20.8 Å². The molecule has 1 rings (SSSR count). The lowest BCUT2D eigenvalue weighted by Gasteiger charge is -2.34. The molecule has 0 aliphatic carbocycles. The molecular formula is C12H24N2O4S. The molecule has 1 fully saturated rings. The van der Waals surface area contributed by atoms with Gasteiger partial charge in [-0.1, -0.05) is 0 Å². The Morgan fingerprint density at radius 1 is 1.42 bits per heavy atom. The highest BCUT2D eigenvalue weighted by Crippen LogP contribution is 2.18. The Balaban J connectivity index is 2.48. The van der Waals surface area contributed by atoms with Crippen molar-refractivity contribution in [1.82, 2.24) is 9.62 Å². The third-order valence-electron chi connectivity index (χ3n) is 2.80. The minimum atomic E-state index is -3.17. The van der Waals surface area contributed by atoms with E-state index in [1.165, 1.54) is 0 Å². The Hall–Kier alpha value is -0.820. The SMILES string of the molecule is CC(C)(C)OC(=O)N1CCC[C@@H](CNS(C)(=O)=O)C1. The minimum Gasteiger partial charge on any atom is -0.444 e. The zero-order valence-corrected chi connectivity index (χ0v) is 12.9. The van der Waals surface area contributed by atoms with Crippen LogP contribution in [0, 0.1) is 5.92 Å². The number of ether oxygens (including phenoxy) is 1. The molecule has 19 heavy (non-hydrogen) atoms. The average molecular weight is 292 g/mol.